The molecule has 1 fully saturated rings. The largest absolute Gasteiger partial charge is 0.352 e. The minimum atomic E-state index is -0.670. The lowest BCUT2D eigenvalue weighted by atomic mass is 10.1. The normalized spacial score (nSPS) is 16.5. The third-order valence-electron chi connectivity index (χ3n) is 5.58. The van der Waals surface area contributed by atoms with Crippen LogP contribution in [0.2, 0.25) is 0 Å². The van der Waals surface area contributed by atoms with Crippen molar-refractivity contribution in [1.29, 1.82) is 0 Å². The highest BCUT2D eigenvalue weighted by Gasteiger charge is 2.22. The average molecular weight is 397 g/mol. The van der Waals surface area contributed by atoms with Crippen molar-refractivity contribution in [2.75, 3.05) is 0 Å². The first kappa shape index (κ1) is 19.3. The quantitative estimate of drug-likeness (QED) is 0.686. The Balaban J connectivity index is 1.59. The van der Waals surface area contributed by atoms with E-state index in [0.29, 0.717) is 16.7 Å². The molecule has 1 aromatic carbocycles. The summed E-state index contributed by atoms with van der Waals surface area (Å²) in [5, 5.41) is 7.62. The van der Waals surface area contributed by atoms with Gasteiger partial charge in [0.2, 0.25) is 5.91 Å². The molecular weight excluding hydrogens is 373 g/mol. The molecule has 1 aliphatic rings. The molecule has 1 atom stereocenters. The van der Waals surface area contributed by atoms with Crippen molar-refractivity contribution >= 4 is 16.9 Å². The second kappa shape index (κ2) is 8.14. The van der Waals surface area contributed by atoms with Gasteiger partial charge in [0, 0.05) is 6.04 Å². The zero-order valence-electron chi connectivity index (χ0n) is 16.3. The van der Waals surface area contributed by atoms with Crippen molar-refractivity contribution in [3.8, 4) is 5.69 Å². The third-order valence-corrected chi connectivity index (χ3v) is 5.58. The average Bonchev–Trinajstić information content (AvgIpc) is 2.99. The van der Waals surface area contributed by atoms with Crippen molar-refractivity contribution in [3.05, 3.63) is 53.0 Å². The molecule has 0 radical (unpaired) electrons. The Morgan fingerprint density at radius 3 is 2.55 bits per heavy atom. The minimum Gasteiger partial charge on any atom is -0.352 e. The molecule has 1 N–H and O–H groups in total. The summed E-state index contributed by atoms with van der Waals surface area (Å²) >= 11 is 0. The Labute approximate surface area is 167 Å². The van der Waals surface area contributed by atoms with Crippen LogP contribution in [-0.2, 0) is 4.79 Å². The van der Waals surface area contributed by atoms with E-state index in [9.17, 15) is 14.0 Å². The van der Waals surface area contributed by atoms with Crippen LogP contribution in [0.15, 0.2) is 41.6 Å². The number of rotatable bonds is 4. The molecule has 2 heterocycles. The summed E-state index contributed by atoms with van der Waals surface area (Å²) < 4.78 is 16.0. The Bertz CT molecular complexity index is 1060. The van der Waals surface area contributed by atoms with Crippen LogP contribution in [0.1, 0.15) is 51.5 Å². The van der Waals surface area contributed by atoms with E-state index < -0.39 is 6.04 Å². The summed E-state index contributed by atoms with van der Waals surface area (Å²) in [6, 6.07) is 5.28. The summed E-state index contributed by atoms with van der Waals surface area (Å²) in [7, 11) is 0. The molecule has 0 aliphatic heterocycles. The van der Waals surface area contributed by atoms with E-state index in [0.717, 1.165) is 25.7 Å². The number of fused-ring (bicyclic) bond motifs is 1. The van der Waals surface area contributed by atoms with E-state index in [1.165, 1.54) is 46.7 Å². The van der Waals surface area contributed by atoms with Gasteiger partial charge in [0.1, 0.15) is 23.6 Å². The minimum absolute atomic E-state index is 0.168. The summed E-state index contributed by atoms with van der Waals surface area (Å²) in [6.45, 7) is 1.70. The van der Waals surface area contributed by atoms with Crippen LogP contribution in [0.4, 0.5) is 4.39 Å². The summed E-state index contributed by atoms with van der Waals surface area (Å²) in [5.74, 6) is -0.528. The first-order valence-corrected chi connectivity index (χ1v) is 10.1. The zero-order valence-corrected chi connectivity index (χ0v) is 16.3. The van der Waals surface area contributed by atoms with E-state index in [1.54, 1.807) is 19.1 Å². The standard InChI is InChI=1S/C21H24FN5O2/c1-14(20(28)25-16-6-4-2-3-5-7-16)26-13-23-19-18(21(26)29)12-24-27(19)17-10-8-15(22)9-11-17/h8-14,16H,2-7H2,1H3,(H,25,28)/t14-/m0/s1. The van der Waals surface area contributed by atoms with Gasteiger partial charge >= 0.3 is 0 Å². The number of hydrogen-bond donors (Lipinski definition) is 1. The summed E-state index contributed by atoms with van der Waals surface area (Å²) in [4.78, 5) is 30.0. The van der Waals surface area contributed by atoms with Gasteiger partial charge in [-0.1, -0.05) is 25.7 Å². The van der Waals surface area contributed by atoms with Crippen molar-refractivity contribution in [2.45, 2.75) is 57.5 Å². The zero-order chi connectivity index (χ0) is 20.4. The van der Waals surface area contributed by atoms with Crippen LogP contribution in [0, 0.1) is 5.82 Å². The Morgan fingerprint density at radius 1 is 1.17 bits per heavy atom. The molecule has 29 heavy (non-hydrogen) atoms. The van der Waals surface area contributed by atoms with E-state index in [1.807, 2.05) is 0 Å². The van der Waals surface area contributed by atoms with Gasteiger partial charge in [0.25, 0.3) is 5.56 Å². The van der Waals surface area contributed by atoms with E-state index in [-0.39, 0.29) is 23.3 Å². The van der Waals surface area contributed by atoms with Gasteiger partial charge < -0.3 is 5.32 Å². The van der Waals surface area contributed by atoms with Crippen molar-refractivity contribution in [2.24, 2.45) is 0 Å². The molecule has 4 rings (SSSR count). The van der Waals surface area contributed by atoms with Gasteiger partial charge in [-0.25, -0.2) is 14.1 Å². The van der Waals surface area contributed by atoms with Crippen LogP contribution < -0.4 is 10.9 Å². The topological polar surface area (TPSA) is 81.8 Å². The molecule has 1 saturated carbocycles. The highest BCUT2D eigenvalue weighted by Crippen LogP contribution is 2.19. The Hall–Kier alpha value is -3.03. The number of nitrogens with one attached hydrogen (secondary N) is 1. The van der Waals surface area contributed by atoms with Gasteiger partial charge in [0.15, 0.2) is 5.65 Å². The first-order valence-electron chi connectivity index (χ1n) is 10.1. The second-order valence-electron chi connectivity index (χ2n) is 7.60. The molecule has 0 saturated heterocycles. The molecule has 1 aliphatic carbocycles. The number of carbonyl (C=O) groups excluding carboxylic acids is 1. The van der Waals surface area contributed by atoms with Gasteiger partial charge in [-0.2, -0.15) is 5.10 Å². The SMILES string of the molecule is C[C@@H](C(=O)NC1CCCCCC1)n1cnc2c(cnn2-c2ccc(F)cc2)c1=O. The van der Waals surface area contributed by atoms with Crippen LogP contribution in [0.5, 0.6) is 0 Å². The molecule has 0 bridgehead atoms. The van der Waals surface area contributed by atoms with Crippen LogP contribution in [0.25, 0.3) is 16.7 Å². The molecule has 2 aromatic heterocycles. The van der Waals surface area contributed by atoms with Crippen molar-refractivity contribution in [3.63, 3.8) is 0 Å². The molecule has 8 heteroatoms. The second-order valence-corrected chi connectivity index (χ2v) is 7.60. The fraction of sp³-hybridized carbons (Fsp3) is 0.429. The number of nitrogens with zero attached hydrogens (tertiary/aromatic N) is 4. The predicted octanol–water partition coefficient (Wildman–Crippen LogP) is 3.12. The number of carbonyl (C=O) groups is 1. The maximum Gasteiger partial charge on any atom is 0.265 e. The van der Waals surface area contributed by atoms with Gasteiger partial charge in [0.05, 0.1) is 11.9 Å². The lowest BCUT2D eigenvalue weighted by molar-refractivity contribution is -0.124. The van der Waals surface area contributed by atoms with E-state index >= 15 is 0 Å². The predicted molar refractivity (Wildman–Crippen MR) is 107 cm³/mol. The number of aromatic nitrogens is 4. The Kier molecular flexibility index (Phi) is 5.42. The Morgan fingerprint density at radius 2 is 1.86 bits per heavy atom. The van der Waals surface area contributed by atoms with Gasteiger partial charge in [-0.05, 0) is 44.0 Å². The fourth-order valence-electron chi connectivity index (χ4n) is 3.84. The highest BCUT2D eigenvalue weighted by atomic mass is 19.1. The summed E-state index contributed by atoms with van der Waals surface area (Å²) in [6.07, 6.45) is 9.43. The van der Waals surface area contributed by atoms with Gasteiger partial charge in [-0.3, -0.25) is 14.2 Å². The number of amides is 1. The van der Waals surface area contributed by atoms with Crippen LogP contribution in [0.3, 0.4) is 0 Å². The molecule has 152 valence electrons. The molecule has 0 unspecified atom stereocenters. The smallest absolute Gasteiger partial charge is 0.265 e. The molecule has 1 amide bonds. The van der Waals surface area contributed by atoms with Gasteiger partial charge in [-0.15, -0.1) is 0 Å². The van der Waals surface area contributed by atoms with Crippen LogP contribution in [-0.4, -0.2) is 31.3 Å². The number of hydrogen-bond acceptors (Lipinski definition) is 4. The molecule has 3 aromatic rings. The highest BCUT2D eigenvalue weighted by molar-refractivity contribution is 5.81. The number of benzene rings is 1. The summed E-state index contributed by atoms with van der Waals surface area (Å²) in [5.41, 5.74) is 0.645. The first-order chi connectivity index (χ1) is 14.0. The molecule has 7 nitrogen and oxygen atoms in total. The molecule has 0 spiro atoms. The molecular formula is C21H24FN5O2. The van der Waals surface area contributed by atoms with E-state index in [2.05, 4.69) is 15.4 Å². The third kappa shape index (κ3) is 3.92. The van der Waals surface area contributed by atoms with Crippen LogP contribution >= 0.6 is 0 Å². The maximum absolute atomic E-state index is 13.2. The van der Waals surface area contributed by atoms with Crippen molar-refractivity contribution < 1.29 is 9.18 Å². The monoisotopic (exact) mass is 397 g/mol. The number of halogens is 1. The maximum atomic E-state index is 13.2. The lowest BCUT2D eigenvalue weighted by Gasteiger charge is -2.20. The van der Waals surface area contributed by atoms with E-state index in [4.69, 9.17) is 0 Å². The lowest BCUT2D eigenvalue weighted by Crippen LogP contribution is -2.41. The fourth-order valence-corrected chi connectivity index (χ4v) is 3.84. The van der Waals surface area contributed by atoms with Crippen molar-refractivity contribution in [1.82, 2.24) is 24.6 Å².